The highest BCUT2D eigenvalue weighted by Crippen LogP contribution is 2.20. The Labute approximate surface area is 281 Å². The summed E-state index contributed by atoms with van der Waals surface area (Å²) in [5.74, 6) is 0.244. The number of carbonyl (C=O) groups is 2. The fourth-order valence-electron chi connectivity index (χ4n) is 6.52. The van der Waals surface area contributed by atoms with E-state index >= 15 is 0 Å². The molecule has 0 aliphatic carbocycles. The van der Waals surface area contributed by atoms with Crippen LogP contribution < -0.4 is 5.32 Å². The van der Waals surface area contributed by atoms with Crippen molar-refractivity contribution in [1.82, 2.24) is 10.2 Å². The molecule has 2 amide bonds. The molecule has 0 aromatic carbocycles. The van der Waals surface area contributed by atoms with Gasteiger partial charge in [0, 0.05) is 19.5 Å². The Balaban J connectivity index is 1.95. The highest BCUT2D eigenvalue weighted by molar-refractivity contribution is 5.88. The summed E-state index contributed by atoms with van der Waals surface area (Å²) in [5, 5.41) is 3.12. The molecule has 0 spiro atoms. The normalized spacial score (nSPS) is 15.2. The first kappa shape index (κ1) is 41.4. The van der Waals surface area contributed by atoms with Crippen molar-refractivity contribution >= 4 is 11.8 Å². The molecule has 1 rings (SSSR count). The van der Waals surface area contributed by atoms with E-state index in [9.17, 15) is 9.59 Å². The molecule has 1 aliphatic rings. The number of allylic oxidation sites excluding steroid dienone is 4. The monoisotopic (exact) mass is 629 g/mol. The van der Waals surface area contributed by atoms with Crippen LogP contribution in [-0.4, -0.2) is 35.8 Å². The summed E-state index contributed by atoms with van der Waals surface area (Å²) in [4.78, 5) is 27.5. The van der Waals surface area contributed by atoms with E-state index in [-0.39, 0.29) is 17.9 Å². The van der Waals surface area contributed by atoms with Crippen LogP contribution in [0.5, 0.6) is 0 Å². The van der Waals surface area contributed by atoms with Crippen molar-refractivity contribution in [2.75, 3.05) is 13.1 Å². The first-order valence-electron chi connectivity index (χ1n) is 20.1. The quantitative estimate of drug-likeness (QED) is 0.0595. The van der Waals surface area contributed by atoms with Crippen LogP contribution in [0.4, 0.5) is 0 Å². The predicted molar refractivity (Wildman–Crippen MR) is 197 cm³/mol. The van der Waals surface area contributed by atoms with Crippen molar-refractivity contribution in [3.8, 4) is 0 Å². The van der Waals surface area contributed by atoms with Gasteiger partial charge in [0.2, 0.25) is 11.8 Å². The molecule has 1 aliphatic heterocycles. The molecular formula is C41H76N2O2. The maximum atomic E-state index is 12.9. The zero-order valence-electron chi connectivity index (χ0n) is 30.3. The van der Waals surface area contributed by atoms with Gasteiger partial charge in [0.1, 0.15) is 6.04 Å². The van der Waals surface area contributed by atoms with Gasteiger partial charge in [0.05, 0.1) is 0 Å². The van der Waals surface area contributed by atoms with E-state index in [1.54, 1.807) is 0 Å². The van der Waals surface area contributed by atoms with Gasteiger partial charge in [-0.25, -0.2) is 0 Å². The van der Waals surface area contributed by atoms with E-state index in [1.807, 2.05) is 4.90 Å². The first-order chi connectivity index (χ1) is 22.2. The minimum atomic E-state index is -0.245. The molecule has 4 nitrogen and oxygen atoms in total. The first-order valence-corrected chi connectivity index (χ1v) is 20.1. The third-order valence-electron chi connectivity index (χ3n) is 9.52. The fourth-order valence-corrected chi connectivity index (χ4v) is 6.52. The van der Waals surface area contributed by atoms with Crippen LogP contribution >= 0.6 is 0 Å². The van der Waals surface area contributed by atoms with Gasteiger partial charge >= 0.3 is 0 Å². The van der Waals surface area contributed by atoms with Crippen molar-refractivity contribution in [3.63, 3.8) is 0 Å². The van der Waals surface area contributed by atoms with Crippen LogP contribution in [0, 0.1) is 0 Å². The van der Waals surface area contributed by atoms with Crippen molar-refractivity contribution in [2.24, 2.45) is 0 Å². The van der Waals surface area contributed by atoms with E-state index in [2.05, 4.69) is 43.5 Å². The summed E-state index contributed by atoms with van der Waals surface area (Å²) in [6.07, 6.45) is 46.5. The summed E-state index contributed by atoms with van der Waals surface area (Å²) in [7, 11) is 0. The Morgan fingerprint density at radius 1 is 0.556 bits per heavy atom. The Morgan fingerprint density at radius 3 is 1.49 bits per heavy atom. The zero-order chi connectivity index (χ0) is 32.5. The average molecular weight is 629 g/mol. The average Bonchev–Trinajstić information content (AvgIpc) is 3.55. The van der Waals surface area contributed by atoms with Crippen molar-refractivity contribution in [3.05, 3.63) is 24.3 Å². The van der Waals surface area contributed by atoms with Gasteiger partial charge in [-0.05, 0) is 70.6 Å². The second-order valence-corrected chi connectivity index (χ2v) is 13.8. The lowest BCUT2D eigenvalue weighted by Crippen LogP contribution is -2.46. The van der Waals surface area contributed by atoms with Gasteiger partial charge in [-0.1, -0.05) is 154 Å². The molecule has 1 N–H and O–H groups in total. The van der Waals surface area contributed by atoms with Crippen molar-refractivity contribution < 1.29 is 9.59 Å². The van der Waals surface area contributed by atoms with E-state index in [4.69, 9.17) is 0 Å². The third-order valence-corrected chi connectivity index (χ3v) is 9.52. The van der Waals surface area contributed by atoms with Crippen LogP contribution in [0.25, 0.3) is 0 Å². The zero-order valence-corrected chi connectivity index (χ0v) is 30.3. The SMILES string of the molecule is CCCC/C=C/CCCCCCCCCCCC(=O)N1CCC[C@H]1C(=O)NCCCC/C=C\CCCCCCCCCCCC. The van der Waals surface area contributed by atoms with E-state index in [1.165, 1.54) is 141 Å². The second-order valence-electron chi connectivity index (χ2n) is 13.8. The fraction of sp³-hybridized carbons (Fsp3) is 0.854. The summed E-state index contributed by atoms with van der Waals surface area (Å²) in [6.45, 7) is 6.00. The molecule has 0 aromatic rings. The summed E-state index contributed by atoms with van der Waals surface area (Å²) in [5.41, 5.74) is 0. The van der Waals surface area contributed by atoms with E-state index in [0.29, 0.717) is 6.42 Å². The number of amides is 2. The smallest absolute Gasteiger partial charge is 0.242 e. The third kappa shape index (κ3) is 25.2. The minimum Gasteiger partial charge on any atom is -0.354 e. The van der Waals surface area contributed by atoms with Crippen LogP contribution in [-0.2, 0) is 9.59 Å². The molecule has 1 atom stereocenters. The van der Waals surface area contributed by atoms with Crippen LogP contribution in [0.2, 0.25) is 0 Å². The number of likely N-dealkylation sites (tertiary alicyclic amines) is 1. The maximum Gasteiger partial charge on any atom is 0.242 e. The standard InChI is InChI=1S/C41H76N2O2/c1-3-5-7-9-11-13-15-17-19-21-23-25-27-29-31-33-37-42-41(45)39-35-34-38-43(39)40(44)36-32-30-28-26-24-22-20-18-16-14-12-10-8-6-4-2/h10,12,25,27,39H,3-9,11,13-24,26,28-38H2,1-2H3,(H,42,45)/b12-10+,27-25-/t39-/m0/s1. The number of unbranched alkanes of at least 4 members (excludes halogenated alkanes) is 23. The van der Waals surface area contributed by atoms with Crippen LogP contribution in [0.1, 0.15) is 206 Å². The molecule has 1 fully saturated rings. The van der Waals surface area contributed by atoms with Gasteiger partial charge in [0.25, 0.3) is 0 Å². The number of rotatable bonds is 32. The molecule has 0 radical (unpaired) electrons. The van der Waals surface area contributed by atoms with Gasteiger partial charge in [-0.3, -0.25) is 9.59 Å². The largest absolute Gasteiger partial charge is 0.354 e. The molecule has 0 saturated carbocycles. The minimum absolute atomic E-state index is 0.0601. The summed E-state index contributed by atoms with van der Waals surface area (Å²) in [6, 6.07) is -0.245. The maximum absolute atomic E-state index is 12.9. The molecule has 1 saturated heterocycles. The van der Waals surface area contributed by atoms with Crippen molar-refractivity contribution in [2.45, 2.75) is 213 Å². The number of nitrogens with one attached hydrogen (secondary N) is 1. The van der Waals surface area contributed by atoms with Gasteiger partial charge in [0.15, 0.2) is 0 Å². The van der Waals surface area contributed by atoms with Gasteiger partial charge in [-0.15, -0.1) is 0 Å². The Bertz CT molecular complexity index is 731. The molecular weight excluding hydrogens is 552 g/mol. The number of nitrogens with zero attached hydrogens (tertiary/aromatic N) is 1. The van der Waals surface area contributed by atoms with Crippen LogP contribution in [0.15, 0.2) is 24.3 Å². The Morgan fingerprint density at radius 2 is 0.978 bits per heavy atom. The summed E-state index contributed by atoms with van der Waals surface area (Å²) < 4.78 is 0. The number of hydrogen-bond donors (Lipinski definition) is 1. The molecule has 262 valence electrons. The number of carbonyl (C=O) groups excluding carboxylic acids is 2. The topological polar surface area (TPSA) is 49.4 Å². The second kappa shape index (κ2) is 32.4. The summed E-state index contributed by atoms with van der Waals surface area (Å²) >= 11 is 0. The van der Waals surface area contributed by atoms with E-state index < -0.39 is 0 Å². The Hall–Kier alpha value is -1.58. The number of hydrogen-bond acceptors (Lipinski definition) is 2. The molecule has 45 heavy (non-hydrogen) atoms. The Kier molecular flexibility index (Phi) is 29.8. The van der Waals surface area contributed by atoms with E-state index in [0.717, 1.165) is 58.0 Å². The van der Waals surface area contributed by atoms with Crippen molar-refractivity contribution in [1.29, 1.82) is 0 Å². The lowest BCUT2D eigenvalue weighted by atomic mass is 10.1. The highest BCUT2D eigenvalue weighted by atomic mass is 16.2. The molecule has 0 bridgehead atoms. The predicted octanol–water partition coefficient (Wildman–Crippen LogP) is 12.2. The lowest BCUT2D eigenvalue weighted by molar-refractivity contribution is -0.138. The molecule has 0 aromatic heterocycles. The van der Waals surface area contributed by atoms with Crippen LogP contribution in [0.3, 0.4) is 0 Å². The molecule has 0 unspecified atom stereocenters. The molecule has 4 heteroatoms. The highest BCUT2D eigenvalue weighted by Gasteiger charge is 2.33. The lowest BCUT2D eigenvalue weighted by Gasteiger charge is -2.24. The van der Waals surface area contributed by atoms with Gasteiger partial charge < -0.3 is 10.2 Å². The molecule has 1 heterocycles. The van der Waals surface area contributed by atoms with Gasteiger partial charge in [-0.2, -0.15) is 0 Å².